The maximum Gasteiger partial charge on any atom is 0.320 e. The molecule has 3 rings (SSSR count). The number of halogens is 2. The number of hydrogen-bond acceptors (Lipinski definition) is 3. The largest absolute Gasteiger partial charge is 0.486 e. The Labute approximate surface area is 173 Å². The first-order valence-electron chi connectivity index (χ1n) is 8.68. The molecule has 0 unspecified atom stereocenters. The lowest BCUT2D eigenvalue weighted by molar-refractivity contribution is -0.138. The molecule has 0 aliphatic heterocycles. The van der Waals surface area contributed by atoms with Gasteiger partial charge in [-0.05, 0) is 40.8 Å². The van der Waals surface area contributed by atoms with Crippen molar-refractivity contribution in [1.29, 1.82) is 0 Å². The van der Waals surface area contributed by atoms with E-state index in [0.717, 1.165) is 16.7 Å². The van der Waals surface area contributed by atoms with Crippen LogP contribution in [0.4, 0.5) is 0 Å². The number of carboxylic acid groups (broad SMARTS) is 1. The average molecular weight is 416 g/mol. The van der Waals surface area contributed by atoms with Crippen LogP contribution in [0.15, 0.2) is 66.7 Å². The van der Waals surface area contributed by atoms with Crippen LogP contribution >= 0.6 is 23.2 Å². The standard InChI is InChI=1S/C22H19Cl2NO3/c23-18-10-14(12-20(25)22(26)27)11-19(24)21(18)28-13-16-8-4-5-9-17(16)15-6-2-1-3-7-15/h1-11,20H,12-13,25H2,(H,26,27)/t20-/m0/s1. The van der Waals surface area contributed by atoms with Crippen molar-refractivity contribution < 1.29 is 14.6 Å². The van der Waals surface area contributed by atoms with Crippen molar-refractivity contribution in [3.8, 4) is 16.9 Å². The second kappa shape index (κ2) is 9.11. The third-order valence-electron chi connectivity index (χ3n) is 4.31. The van der Waals surface area contributed by atoms with Crippen LogP contribution in [0.1, 0.15) is 11.1 Å². The second-order valence-electron chi connectivity index (χ2n) is 6.35. The van der Waals surface area contributed by atoms with Crippen LogP contribution in [0.5, 0.6) is 5.75 Å². The van der Waals surface area contributed by atoms with E-state index in [1.54, 1.807) is 12.1 Å². The zero-order chi connectivity index (χ0) is 20.1. The van der Waals surface area contributed by atoms with E-state index in [-0.39, 0.29) is 6.42 Å². The predicted octanol–water partition coefficient (Wildman–Crippen LogP) is 5.19. The molecule has 0 heterocycles. The monoisotopic (exact) mass is 415 g/mol. The van der Waals surface area contributed by atoms with Crippen LogP contribution in [0.3, 0.4) is 0 Å². The normalized spacial score (nSPS) is 11.8. The van der Waals surface area contributed by atoms with Gasteiger partial charge in [0.05, 0.1) is 10.0 Å². The molecule has 3 aromatic rings. The highest BCUT2D eigenvalue weighted by Crippen LogP contribution is 2.36. The van der Waals surface area contributed by atoms with Gasteiger partial charge in [0.25, 0.3) is 0 Å². The van der Waals surface area contributed by atoms with Crippen LogP contribution in [0.2, 0.25) is 10.0 Å². The van der Waals surface area contributed by atoms with Crippen LogP contribution in [0, 0.1) is 0 Å². The molecule has 0 fully saturated rings. The highest BCUT2D eigenvalue weighted by Gasteiger charge is 2.16. The third kappa shape index (κ3) is 4.84. The Balaban J connectivity index is 1.80. The Bertz CT molecular complexity index is 954. The summed E-state index contributed by atoms with van der Waals surface area (Å²) >= 11 is 12.6. The average Bonchev–Trinajstić information content (AvgIpc) is 2.68. The lowest BCUT2D eigenvalue weighted by Gasteiger charge is -2.15. The molecule has 1 atom stereocenters. The molecular weight excluding hydrogens is 397 g/mol. The summed E-state index contributed by atoms with van der Waals surface area (Å²) in [7, 11) is 0. The fourth-order valence-electron chi connectivity index (χ4n) is 2.90. The number of benzene rings is 3. The van der Waals surface area contributed by atoms with Crippen molar-refractivity contribution in [2.45, 2.75) is 19.1 Å². The topological polar surface area (TPSA) is 72.5 Å². The Kier molecular flexibility index (Phi) is 6.57. The Hall–Kier alpha value is -2.53. The number of rotatable bonds is 7. The van der Waals surface area contributed by atoms with Crippen molar-refractivity contribution >= 4 is 29.2 Å². The van der Waals surface area contributed by atoms with E-state index in [2.05, 4.69) is 0 Å². The summed E-state index contributed by atoms with van der Waals surface area (Å²) in [4.78, 5) is 10.9. The molecule has 4 nitrogen and oxygen atoms in total. The number of nitrogens with two attached hydrogens (primary N) is 1. The molecule has 0 spiro atoms. The summed E-state index contributed by atoms with van der Waals surface area (Å²) in [6, 6.07) is 20.2. The zero-order valence-electron chi connectivity index (χ0n) is 14.9. The van der Waals surface area contributed by atoms with Gasteiger partial charge in [0.1, 0.15) is 12.6 Å². The summed E-state index contributed by atoms with van der Waals surface area (Å²) in [6.45, 7) is 0.290. The van der Waals surface area contributed by atoms with Crippen LogP contribution in [-0.4, -0.2) is 17.1 Å². The maximum absolute atomic E-state index is 10.9. The molecule has 3 N–H and O–H groups in total. The molecule has 0 radical (unpaired) electrons. The van der Waals surface area contributed by atoms with E-state index in [1.165, 1.54) is 0 Å². The Morgan fingerprint density at radius 3 is 2.25 bits per heavy atom. The number of carboxylic acids is 1. The highest BCUT2D eigenvalue weighted by atomic mass is 35.5. The van der Waals surface area contributed by atoms with Gasteiger partial charge in [0.2, 0.25) is 0 Å². The zero-order valence-corrected chi connectivity index (χ0v) is 16.5. The number of aliphatic carboxylic acids is 1. The van der Waals surface area contributed by atoms with Crippen molar-refractivity contribution in [3.05, 3.63) is 87.9 Å². The number of hydrogen-bond donors (Lipinski definition) is 2. The van der Waals surface area contributed by atoms with E-state index in [1.807, 2.05) is 54.6 Å². The molecule has 6 heteroatoms. The van der Waals surface area contributed by atoms with Gasteiger partial charge in [-0.2, -0.15) is 0 Å². The summed E-state index contributed by atoms with van der Waals surface area (Å²) in [5.74, 6) is -0.719. The summed E-state index contributed by atoms with van der Waals surface area (Å²) in [5, 5.41) is 9.58. The molecule has 3 aromatic carbocycles. The number of carbonyl (C=O) groups is 1. The van der Waals surface area contributed by atoms with Gasteiger partial charge >= 0.3 is 5.97 Å². The first-order chi connectivity index (χ1) is 13.5. The van der Waals surface area contributed by atoms with Crippen molar-refractivity contribution in [2.75, 3.05) is 0 Å². The molecule has 0 aliphatic carbocycles. The molecule has 0 saturated carbocycles. The van der Waals surface area contributed by atoms with Gasteiger partial charge in [-0.25, -0.2) is 0 Å². The third-order valence-corrected chi connectivity index (χ3v) is 4.87. The first kappa shape index (κ1) is 20.2. The minimum absolute atomic E-state index is 0.131. The SMILES string of the molecule is N[C@@H](Cc1cc(Cl)c(OCc2ccccc2-c2ccccc2)c(Cl)c1)C(=O)O. The van der Waals surface area contributed by atoms with E-state index in [9.17, 15) is 4.79 Å². The number of ether oxygens (including phenoxy) is 1. The summed E-state index contributed by atoms with van der Waals surface area (Å²) in [5.41, 5.74) is 9.38. The molecular formula is C22H19Cl2NO3. The van der Waals surface area contributed by atoms with Crippen LogP contribution < -0.4 is 10.5 Å². The van der Waals surface area contributed by atoms with Gasteiger partial charge < -0.3 is 15.6 Å². The van der Waals surface area contributed by atoms with Gasteiger partial charge in [-0.3, -0.25) is 4.79 Å². The van der Waals surface area contributed by atoms with Gasteiger partial charge in [0, 0.05) is 0 Å². The minimum Gasteiger partial charge on any atom is -0.486 e. The molecule has 0 bridgehead atoms. The molecule has 0 aliphatic rings. The molecule has 0 saturated heterocycles. The fourth-order valence-corrected chi connectivity index (χ4v) is 3.55. The molecule has 0 aromatic heterocycles. The van der Waals surface area contributed by atoms with E-state index in [4.69, 9.17) is 38.8 Å². The second-order valence-corrected chi connectivity index (χ2v) is 7.16. The molecule has 28 heavy (non-hydrogen) atoms. The lowest BCUT2D eigenvalue weighted by Crippen LogP contribution is -2.32. The smallest absolute Gasteiger partial charge is 0.320 e. The van der Waals surface area contributed by atoms with Crippen molar-refractivity contribution in [3.63, 3.8) is 0 Å². The first-order valence-corrected chi connectivity index (χ1v) is 9.43. The van der Waals surface area contributed by atoms with Crippen molar-refractivity contribution in [2.24, 2.45) is 5.73 Å². The summed E-state index contributed by atoms with van der Waals surface area (Å²) < 4.78 is 5.91. The van der Waals surface area contributed by atoms with Gasteiger partial charge in [-0.1, -0.05) is 77.8 Å². The quantitative estimate of drug-likeness (QED) is 0.556. The van der Waals surface area contributed by atoms with Crippen LogP contribution in [0.25, 0.3) is 11.1 Å². The molecule has 0 amide bonds. The summed E-state index contributed by atoms with van der Waals surface area (Å²) in [6.07, 6.45) is 0.131. The van der Waals surface area contributed by atoms with E-state index >= 15 is 0 Å². The predicted molar refractivity (Wildman–Crippen MR) is 112 cm³/mol. The van der Waals surface area contributed by atoms with E-state index < -0.39 is 12.0 Å². The maximum atomic E-state index is 10.9. The Morgan fingerprint density at radius 1 is 1.00 bits per heavy atom. The van der Waals surface area contributed by atoms with Crippen LogP contribution in [-0.2, 0) is 17.8 Å². The Morgan fingerprint density at radius 2 is 1.61 bits per heavy atom. The van der Waals surface area contributed by atoms with E-state index in [0.29, 0.717) is 28.0 Å². The minimum atomic E-state index is -1.08. The lowest BCUT2D eigenvalue weighted by atomic mass is 10.0. The van der Waals surface area contributed by atoms with Gasteiger partial charge in [-0.15, -0.1) is 0 Å². The molecule has 144 valence electrons. The van der Waals surface area contributed by atoms with Crippen molar-refractivity contribution in [1.82, 2.24) is 0 Å². The highest BCUT2D eigenvalue weighted by molar-refractivity contribution is 6.37. The fraction of sp³-hybridized carbons (Fsp3) is 0.136. The van der Waals surface area contributed by atoms with Gasteiger partial charge in [0.15, 0.2) is 5.75 Å².